The summed E-state index contributed by atoms with van der Waals surface area (Å²) in [6.45, 7) is 0. The molecule has 0 aliphatic carbocycles. The lowest BCUT2D eigenvalue weighted by Crippen LogP contribution is -2.47. The van der Waals surface area contributed by atoms with Gasteiger partial charge in [-0.15, -0.1) is 0 Å². The van der Waals surface area contributed by atoms with Crippen LogP contribution in [0.4, 0.5) is 26.3 Å². The molecule has 16 heavy (non-hydrogen) atoms. The summed E-state index contributed by atoms with van der Waals surface area (Å²) in [7, 11) is 0. The van der Waals surface area contributed by atoms with Crippen molar-refractivity contribution in [1.29, 1.82) is 5.26 Å². The lowest BCUT2D eigenvalue weighted by molar-refractivity contribution is -0.330. The molecule has 0 N–H and O–H groups in total. The van der Waals surface area contributed by atoms with Crippen LogP contribution in [0, 0.1) is 11.3 Å². The van der Waals surface area contributed by atoms with E-state index in [1.165, 1.54) is 0 Å². The third kappa shape index (κ3) is 1.70. The average Bonchev–Trinajstić information content (AvgIpc) is 2.40. The molecule has 1 aliphatic heterocycles. The van der Waals surface area contributed by atoms with Gasteiger partial charge in [0.25, 0.3) is 17.8 Å². The molecule has 92 valence electrons. The highest BCUT2D eigenvalue weighted by Gasteiger charge is 2.73. The molecule has 1 rings (SSSR count). The van der Waals surface area contributed by atoms with E-state index in [0.29, 0.717) is 6.07 Å². The van der Waals surface area contributed by atoms with Crippen LogP contribution in [0.2, 0.25) is 0 Å². The van der Waals surface area contributed by atoms with Crippen molar-refractivity contribution >= 4 is 11.6 Å². The van der Waals surface area contributed by atoms with E-state index < -0.39 is 29.8 Å². The number of hydrogen-bond acceptors (Lipinski definition) is 3. The second kappa shape index (κ2) is 3.65. The van der Waals surface area contributed by atoms with E-state index >= 15 is 0 Å². The van der Waals surface area contributed by atoms with Gasteiger partial charge in [-0.1, -0.05) is 11.6 Å². The molecule has 0 saturated carbocycles. The molecule has 1 fully saturated rings. The average molecular weight is 270 g/mol. The lowest BCUT2D eigenvalue weighted by atomic mass is 10.3. The van der Waals surface area contributed by atoms with E-state index in [1.807, 2.05) is 0 Å². The molecule has 0 bridgehead atoms. The first kappa shape index (κ1) is 13.3. The van der Waals surface area contributed by atoms with Crippen LogP contribution in [0.15, 0.2) is 0 Å². The van der Waals surface area contributed by atoms with E-state index in [2.05, 4.69) is 9.47 Å². The first-order valence-electron chi connectivity index (χ1n) is 3.56. The summed E-state index contributed by atoms with van der Waals surface area (Å²) in [5.74, 6) is -4.12. The van der Waals surface area contributed by atoms with Gasteiger partial charge in [0.05, 0.1) is 0 Å². The molecule has 0 spiro atoms. The molecule has 0 aromatic carbocycles. The maximum absolute atomic E-state index is 12.8. The minimum Gasteiger partial charge on any atom is -0.297 e. The van der Waals surface area contributed by atoms with Crippen LogP contribution in [-0.4, -0.2) is 29.8 Å². The minimum absolute atomic E-state index is 0.431. The highest BCUT2D eigenvalue weighted by Crippen LogP contribution is 2.50. The second-order valence-corrected chi connectivity index (χ2v) is 3.35. The summed E-state index contributed by atoms with van der Waals surface area (Å²) < 4.78 is 81.0. The molecule has 3 unspecified atom stereocenters. The molecular formula is C6H2ClF6NO2. The molecule has 0 aromatic heterocycles. The SMILES string of the molecule is N#CC1(C(F)(F)F)OC(F)C(Cl)(C(F)F)O1. The Morgan fingerprint density at radius 3 is 2.06 bits per heavy atom. The van der Waals surface area contributed by atoms with Crippen molar-refractivity contribution in [2.45, 2.75) is 29.8 Å². The Morgan fingerprint density at radius 1 is 1.38 bits per heavy atom. The van der Waals surface area contributed by atoms with E-state index in [-0.39, 0.29) is 0 Å². The van der Waals surface area contributed by atoms with Crippen LogP contribution in [0.3, 0.4) is 0 Å². The molecule has 3 atom stereocenters. The Balaban J connectivity index is 3.12. The number of halogens is 7. The molecule has 1 saturated heterocycles. The maximum Gasteiger partial charge on any atom is 0.459 e. The van der Waals surface area contributed by atoms with Crippen molar-refractivity contribution in [3.05, 3.63) is 0 Å². The van der Waals surface area contributed by atoms with E-state index in [9.17, 15) is 26.3 Å². The van der Waals surface area contributed by atoms with Crippen LogP contribution >= 0.6 is 11.6 Å². The zero-order valence-corrected chi connectivity index (χ0v) is 7.82. The van der Waals surface area contributed by atoms with Gasteiger partial charge in [-0.2, -0.15) is 18.4 Å². The lowest BCUT2D eigenvalue weighted by Gasteiger charge is -2.24. The third-order valence-electron chi connectivity index (χ3n) is 1.70. The van der Waals surface area contributed by atoms with E-state index in [1.54, 1.807) is 0 Å². The number of nitriles is 1. The fraction of sp³-hybridized carbons (Fsp3) is 0.833. The van der Waals surface area contributed by atoms with Gasteiger partial charge in [-0.3, -0.25) is 9.47 Å². The Kier molecular flexibility index (Phi) is 3.04. The number of ether oxygens (including phenoxy) is 2. The molecule has 1 aliphatic rings. The summed E-state index contributed by atoms with van der Waals surface area (Å²) >= 11 is 4.80. The fourth-order valence-corrected chi connectivity index (χ4v) is 1.05. The van der Waals surface area contributed by atoms with Crippen LogP contribution in [0.25, 0.3) is 0 Å². The molecule has 1 heterocycles. The summed E-state index contributed by atoms with van der Waals surface area (Å²) in [5.41, 5.74) is 0. The second-order valence-electron chi connectivity index (χ2n) is 2.76. The Labute approximate surface area is 89.5 Å². The first-order valence-corrected chi connectivity index (χ1v) is 3.94. The van der Waals surface area contributed by atoms with Crippen LogP contribution in [0.5, 0.6) is 0 Å². The first-order chi connectivity index (χ1) is 7.09. The highest BCUT2D eigenvalue weighted by atomic mass is 35.5. The van der Waals surface area contributed by atoms with Crippen LogP contribution in [0.1, 0.15) is 0 Å². The standard InChI is InChI=1S/C6H2ClF6NO2/c7-5(2(8)9)3(10)15-4(1-14,16-5)6(11,12)13/h2-3H. The number of nitrogens with zero attached hydrogens (tertiary/aromatic N) is 1. The number of alkyl halides is 7. The normalized spacial score (nSPS) is 40.1. The Bertz CT molecular complexity index is 330. The third-order valence-corrected chi connectivity index (χ3v) is 2.11. The number of rotatable bonds is 1. The molecule has 0 amide bonds. The fourth-order valence-electron chi connectivity index (χ4n) is 0.898. The largest absolute Gasteiger partial charge is 0.459 e. The Morgan fingerprint density at radius 2 is 1.88 bits per heavy atom. The van der Waals surface area contributed by atoms with Crippen LogP contribution < -0.4 is 0 Å². The predicted octanol–water partition coefficient (Wildman–Crippen LogP) is 2.31. The van der Waals surface area contributed by atoms with Crippen molar-refractivity contribution in [2.75, 3.05) is 0 Å². The van der Waals surface area contributed by atoms with Gasteiger partial charge >= 0.3 is 12.0 Å². The summed E-state index contributed by atoms with van der Waals surface area (Å²) in [6.07, 6.45) is -12.6. The van der Waals surface area contributed by atoms with Crippen molar-refractivity contribution in [2.24, 2.45) is 0 Å². The smallest absolute Gasteiger partial charge is 0.297 e. The van der Waals surface area contributed by atoms with Gasteiger partial charge in [0.15, 0.2) is 0 Å². The summed E-state index contributed by atoms with van der Waals surface area (Å²) in [6, 6.07) is 0.431. The van der Waals surface area contributed by atoms with Gasteiger partial charge in [-0.25, -0.2) is 13.2 Å². The zero-order chi connectivity index (χ0) is 12.8. The van der Waals surface area contributed by atoms with E-state index in [0.717, 1.165) is 0 Å². The van der Waals surface area contributed by atoms with Gasteiger partial charge in [0.2, 0.25) is 0 Å². The van der Waals surface area contributed by atoms with Crippen molar-refractivity contribution < 1.29 is 35.8 Å². The summed E-state index contributed by atoms with van der Waals surface area (Å²) in [4.78, 5) is 0. The Hall–Kier alpha value is -0.720. The number of hydrogen-bond donors (Lipinski definition) is 0. The van der Waals surface area contributed by atoms with Crippen molar-refractivity contribution in [3.8, 4) is 6.07 Å². The van der Waals surface area contributed by atoms with Gasteiger partial charge in [-0.05, 0) is 0 Å². The molecule has 3 nitrogen and oxygen atoms in total. The van der Waals surface area contributed by atoms with Crippen LogP contribution in [-0.2, 0) is 9.47 Å². The van der Waals surface area contributed by atoms with Gasteiger partial charge in [0, 0.05) is 0 Å². The maximum atomic E-state index is 12.8. The highest BCUT2D eigenvalue weighted by molar-refractivity contribution is 6.23. The quantitative estimate of drug-likeness (QED) is 0.542. The zero-order valence-electron chi connectivity index (χ0n) is 7.06. The van der Waals surface area contributed by atoms with Crippen molar-refractivity contribution in [1.82, 2.24) is 0 Å². The van der Waals surface area contributed by atoms with Gasteiger partial charge in [0.1, 0.15) is 6.07 Å². The van der Waals surface area contributed by atoms with E-state index in [4.69, 9.17) is 16.9 Å². The minimum atomic E-state index is -5.52. The topological polar surface area (TPSA) is 42.2 Å². The molecule has 0 radical (unpaired) electrons. The molecular weight excluding hydrogens is 268 g/mol. The van der Waals surface area contributed by atoms with Crippen molar-refractivity contribution in [3.63, 3.8) is 0 Å². The summed E-state index contributed by atoms with van der Waals surface area (Å²) in [5, 5.41) is 4.55. The monoisotopic (exact) mass is 269 g/mol. The predicted molar refractivity (Wildman–Crippen MR) is 36.1 cm³/mol. The molecule has 10 heteroatoms. The van der Waals surface area contributed by atoms with Gasteiger partial charge < -0.3 is 0 Å². The molecule has 0 aromatic rings.